The van der Waals surface area contributed by atoms with Crippen LogP contribution in [0.15, 0.2) is 24.3 Å². The van der Waals surface area contributed by atoms with Gasteiger partial charge in [0.1, 0.15) is 11.4 Å². The Morgan fingerprint density at radius 3 is 2.96 bits per heavy atom. The molecule has 0 amide bonds. The van der Waals surface area contributed by atoms with Crippen LogP contribution >= 0.6 is 0 Å². The number of piperidine rings is 1. The van der Waals surface area contributed by atoms with Crippen molar-refractivity contribution in [2.45, 2.75) is 70.7 Å². The monoisotopic (exact) mass is 343 g/mol. The fourth-order valence-corrected chi connectivity index (χ4v) is 5.14. The molecule has 4 rings (SSSR count). The van der Waals surface area contributed by atoms with Gasteiger partial charge >= 0.3 is 0 Å². The molecule has 3 aliphatic heterocycles. The van der Waals surface area contributed by atoms with Crippen LogP contribution in [0.4, 0.5) is 0 Å². The number of hydrogen-bond acceptors (Lipinski definition) is 3. The minimum atomic E-state index is -0.115. The van der Waals surface area contributed by atoms with Gasteiger partial charge in [-0.2, -0.15) is 0 Å². The Kier molecular flexibility index (Phi) is 4.81. The minimum Gasteiger partial charge on any atom is -0.487 e. The van der Waals surface area contributed by atoms with Crippen molar-refractivity contribution in [1.29, 1.82) is 0 Å². The molecule has 3 heterocycles. The van der Waals surface area contributed by atoms with Crippen molar-refractivity contribution in [2.75, 3.05) is 13.1 Å². The Bertz CT molecular complexity index is 601. The summed E-state index contributed by atoms with van der Waals surface area (Å²) in [7, 11) is 0. The summed E-state index contributed by atoms with van der Waals surface area (Å²) in [5.41, 5.74) is 1.15. The van der Waals surface area contributed by atoms with Gasteiger partial charge in [0.25, 0.3) is 0 Å². The third-order valence-corrected chi connectivity index (χ3v) is 6.59. The van der Waals surface area contributed by atoms with Crippen LogP contribution in [0, 0.1) is 17.8 Å². The van der Waals surface area contributed by atoms with Crippen LogP contribution in [0.5, 0.6) is 5.75 Å². The van der Waals surface area contributed by atoms with Crippen molar-refractivity contribution >= 4 is 0 Å². The molecule has 0 aliphatic carbocycles. The maximum Gasteiger partial charge on any atom is 0.125 e. The van der Waals surface area contributed by atoms with Gasteiger partial charge in [-0.15, -0.1) is 0 Å². The van der Waals surface area contributed by atoms with Crippen LogP contribution in [0.1, 0.15) is 64.5 Å². The highest BCUT2D eigenvalue weighted by Gasteiger charge is 2.52. The lowest BCUT2D eigenvalue weighted by molar-refractivity contribution is -0.184. The molecule has 3 aliphatic rings. The zero-order valence-corrected chi connectivity index (χ0v) is 16.0. The highest BCUT2D eigenvalue weighted by atomic mass is 16.5. The molecule has 2 fully saturated rings. The van der Waals surface area contributed by atoms with E-state index in [0.717, 1.165) is 37.6 Å². The largest absolute Gasteiger partial charge is 0.487 e. The average Bonchev–Trinajstić information content (AvgIpc) is 2.60. The summed E-state index contributed by atoms with van der Waals surface area (Å²) in [5, 5.41) is 3.56. The second kappa shape index (κ2) is 6.92. The summed E-state index contributed by atoms with van der Waals surface area (Å²) >= 11 is 0. The van der Waals surface area contributed by atoms with E-state index in [-0.39, 0.29) is 11.7 Å². The molecular weight excluding hydrogens is 310 g/mol. The first kappa shape index (κ1) is 17.4. The third kappa shape index (κ3) is 3.33. The maximum atomic E-state index is 6.72. The Labute approximate surface area is 152 Å². The number of ether oxygens (including phenoxy) is 2. The Balaban J connectivity index is 1.62. The molecule has 0 radical (unpaired) electrons. The van der Waals surface area contributed by atoms with E-state index in [2.05, 4.69) is 50.4 Å². The molecule has 1 aromatic carbocycles. The molecule has 5 atom stereocenters. The van der Waals surface area contributed by atoms with Crippen molar-refractivity contribution in [1.82, 2.24) is 5.32 Å². The van der Waals surface area contributed by atoms with E-state index in [4.69, 9.17) is 9.47 Å². The molecule has 1 aromatic rings. The Hall–Kier alpha value is -1.06. The molecular formula is C22H33NO2. The number of fused-ring (bicyclic) bond motifs is 4. The number of rotatable bonds is 4. The van der Waals surface area contributed by atoms with Gasteiger partial charge in [-0.3, -0.25) is 0 Å². The lowest BCUT2D eigenvalue weighted by Crippen LogP contribution is -2.55. The van der Waals surface area contributed by atoms with Gasteiger partial charge in [-0.05, 0) is 57.1 Å². The van der Waals surface area contributed by atoms with E-state index in [1.54, 1.807) is 0 Å². The first-order valence-corrected chi connectivity index (χ1v) is 10.2. The van der Waals surface area contributed by atoms with E-state index in [9.17, 15) is 0 Å². The quantitative estimate of drug-likeness (QED) is 0.858. The van der Waals surface area contributed by atoms with Gasteiger partial charge < -0.3 is 14.8 Å². The summed E-state index contributed by atoms with van der Waals surface area (Å²) in [6.45, 7) is 9.13. The third-order valence-electron chi connectivity index (χ3n) is 6.59. The highest BCUT2D eigenvalue weighted by molar-refractivity contribution is 5.39. The van der Waals surface area contributed by atoms with Crippen LogP contribution in [0.2, 0.25) is 0 Å². The number of nitrogens with one attached hydrogen (secondary N) is 1. The molecule has 0 saturated carbocycles. The van der Waals surface area contributed by atoms with Gasteiger partial charge in [-0.1, -0.05) is 38.5 Å². The van der Waals surface area contributed by atoms with Gasteiger partial charge in [-0.25, -0.2) is 0 Å². The van der Waals surface area contributed by atoms with Gasteiger partial charge in [0.2, 0.25) is 0 Å². The molecule has 3 heteroatoms. The molecule has 25 heavy (non-hydrogen) atoms. The SMILES string of the molecule is CC(C)CCC[C@@]1(C)Oc2ccccc2[C@@H]2O[C@@H]3CCNC[C@H]3C[C@H]21. The normalized spacial score (nSPS) is 37.0. The molecule has 1 N–H and O–H groups in total. The fraction of sp³-hybridized carbons (Fsp3) is 0.727. The summed E-state index contributed by atoms with van der Waals surface area (Å²) in [6, 6.07) is 8.55. The number of hydrogen-bond donors (Lipinski definition) is 1. The summed E-state index contributed by atoms with van der Waals surface area (Å²) in [5.74, 6) is 2.89. The van der Waals surface area contributed by atoms with E-state index < -0.39 is 0 Å². The molecule has 138 valence electrons. The molecule has 0 unspecified atom stereocenters. The van der Waals surface area contributed by atoms with Crippen LogP contribution in [-0.4, -0.2) is 24.8 Å². The molecule has 2 saturated heterocycles. The minimum absolute atomic E-state index is 0.115. The molecule has 0 spiro atoms. The van der Waals surface area contributed by atoms with Crippen LogP contribution in [0.25, 0.3) is 0 Å². The lowest BCUT2D eigenvalue weighted by Gasteiger charge is -2.53. The molecule has 0 bridgehead atoms. The maximum absolute atomic E-state index is 6.72. The predicted molar refractivity (Wildman–Crippen MR) is 101 cm³/mol. The van der Waals surface area contributed by atoms with Crippen molar-refractivity contribution in [2.24, 2.45) is 17.8 Å². The first-order chi connectivity index (χ1) is 12.1. The summed E-state index contributed by atoms with van der Waals surface area (Å²) < 4.78 is 13.4. The highest BCUT2D eigenvalue weighted by Crippen LogP contribution is 2.53. The molecule has 3 nitrogen and oxygen atoms in total. The smallest absolute Gasteiger partial charge is 0.125 e. The van der Waals surface area contributed by atoms with Crippen LogP contribution in [-0.2, 0) is 4.74 Å². The van der Waals surface area contributed by atoms with Crippen molar-refractivity contribution < 1.29 is 9.47 Å². The van der Waals surface area contributed by atoms with E-state index in [0.29, 0.717) is 17.9 Å². The Morgan fingerprint density at radius 1 is 1.28 bits per heavy atom. The fourth-order valence-electron chi connectivity index (χ4n) is 5.14. The molecule has 0 aromatic heterocycles. The average molecular weight is 344 g/mol. The summed E-state index contributed by atoms with van der Waals surface area (Å²) in [4.78, 5) is 0. The number of benzene rings is 1. The van der Waals surface area contributed by atoms with Crippen molar-refractivity contribution in [3.8, 4) is 5.75 Å². The van der Waals surface area contributed by atoms with Gasteiger partial charge in [0.05, 0.1) is 12.2 Å². The predicted octanol–water partition coefficient (Wildman–Crippen LogP) is 4.72. The van der Waals surface area contributed by atoms with Crippen molar-refractivity contribution in [3.63, 3.8) is 0 Å². The first-order valence-electron chi connectivity index (χ1n) is 10.2. The second-order valence-corrected chi connectivity index (χ2v) is 8.93. The standard InChI is InChI=1S/C22H33NO2/c1-15(2)7-6-11-22(3)18-13-16-14-23-12-10-19(16)24-21(18)17-8-4-5-9-20(17)25-22/h4-5,8-9,15-16,18-19,21,23H,6-7,10-14H2,1-3H3/t16-,18-,19-,21+,22-/m1/s1. The Morgan fingerprint density at radius 2 is 2.12 bits per heavy atom. The van der Waals surface area contributed by atoms with Crippen molar-refractivity contribution in [3.05, 3.63) is 29.8 Å². The van der Waals surface area contributed by atoms with Crippen LogP contribution < -0.4 is 10.1 Å². The zero-order chi connectivity index (χ0) is 17.4. The van der Waals surface area contributed by atoms with Gasteiger partial charge in [0, 0.05) is 18.0 Å². The topological polar surface area (TPSA) is 30.5 Å². The lowest BCUT2D eigenvalue weighted by atomic mass is 9.68. The number of para-hydroxylation sites is 1. The van der Waals surface area contributed by atoms with E-state index >= 15 is 0 Å². The second-order valence-electron chi connectivity index (χ2n) is 8.93. The van der Waals surface area contributed by atoms with E-state index in [1.807, 2.05) is 0 Å². The van der Waals surface area contributed by atoms with E-state index in [1.165, 1.54) is 24.8 Å². The summed E-state index contributed by atoms with van der Waals surface area (Å²) in [6.07, 6.45) is 6.59. The zero-order valence-electron chi connectivity index (χ0n) is 16.0. The van der Waals surface area contributed by atoms with Gasteiger partial charge in [0.15, 0.2) is 0 Å². The van der Waals surface area contributed by atoms with Crippen LogP contribution in [0.3, 0.4) is 0 Å².